The third-order valence-corrected chi connectivity index (χ3v) is 5.25. The van der Waals surface area contributed by atoms with Crippen molar-refractivity contribution in [2.24, 2.45) is 0 Å². The van der Waals surface area contributed by atoms with Gasteiger partial charge in [-0.3, -0.25) is 9.78 Å². The van der Waals surface area contributed by atoms with Crippen molar-refractivity contribution in [2.45, 2.75) is 19.4 Å². The van der Waals surface area contributed by atoms with Gasteiger partial charge in [0.25, 0.3) is 0 Å². The van der Waals surface area contributed by atoms with Crippen molar-refractivity contribution in [3.05, 3.63) is 65.6 Å². The number of nitrogens with zero attached hydrogens (tertiary/aromatic N) is 5. The molecule has 1 saturated heterocycles. The largest absolute Gasteiger partial charge is 0.347 e. The molecule has 28 heavy (non-hydrogen) atoms. The Morgan fingerprint density at radius 1 is 1.14 bits per heavy atom. The summed E-state index contributed by atoms with van der Waals surface area (Å²) in [5.41, 5.74) is 2.49. The number of carbonyl (C=O) groups is 1. The quantitative estimate of drug-likeness (QED) is 0.675. The molecule has 1 atom stereocenters. The van der Waals surface area contributed by atoms with Gasteiger partial charge in [0.15, 0.2) is 5.82 Å². The average Bonchev–Trinajstić information content (AvgIpc) is 3.09. The van der Waals surface area contributed by atoms with Crippen molar-refractivity contribution in [3.8, 4) is 11.4 Å². The molecule has 1 amide bonds. The molecule has 1 aliphatic heterocycles. The lowest BCUT2D eigenvalue weighted by atomic mass is 10.2. The van der Waals surface area contributed by atoms with Crippen LogP contribution in [-0.2, 0) is 4.79 Å². The van der Waals surface area contributed by atoms with Crippen molar-refractivity contribution >= 4 is 29.0 Å². The SMILES string of the molecule is Cc1cc(N(C)[C@H]2CCN(c3ccccc3Cl)C2=O)nc(-c2ccncc2)n1. The minimum atomic E-state index is -0.295. The highest BCUT2D eigenvalue weighted by molar-refractivity contribution is 6.34. The van der Waals surface area contributed by atoms with Crippen LogP contribution in [-0.4, -0.2) is 40.5 Å². The van der Waals surface area contributed by atoms with Gasteiger partial charge in [0, 0.05) is 43.3 Å². The number of likely N-dealkylation sites (N-methyl/N-ethyl adjacent to an activating group) is 1. The Balaban J connectivity index is 1.62. The van der Waals surface area contributed by atoms with Gasteiger partial charge in [0.05, 0.1) is 10.7 Å². The van der Waals surface area contributed by atoms with E-state index in [0.29, 0.717) is 23.8 Å². The lowest BCUT2D eigenvalue weighted by molar-refractivity contribution is -0.118. The molecule has 6 nitrogen and oxygen atoms in total. The maximum Gasteiger partial charge on any atom is 0.249 e. The van der Waals surface area contributed by atoms with E-state index in [1.54, 1.807) is 23.4 Å². The van der Waals surface area contributed by atoms with E-state index in [-0.39, 0.29) is 11.9 Å². The molecule has 0 spiro atoms. The second-order valence-corrected chi connectivity index (χ2v) is 7.19. The molecule has 1 aromatic carbocycles. The van der Waals surface area contributed by atoms with Crippen molar-refractivity contribution in [2.75, 3.05) is 23.4 Å². The topological polar surface area (TPSA) is 62.2 Å². The lowest BCUT2D eigenvalue weighted by Crippen LogP contribution is -2.40. The first kappa shape index (κ1) is 18.4. The summed E-state index contributed by atoms with van der Waals surface area (Å²) >= 11 is 6.29. The second kappa shape index (κ2) is 7.56. The predicted molar refractivity (Wildman–Crippen MR) is 111 cm³/mol. The maximum absolute atomic E-state index is 13.1. The zero-order valence-corrected chi connectivity index (χ0v) is 16.5. The molecule has 3 aromatic rings. The number of hydrogen-bond acceptors (Lipinski definition) is 5. The number of benzene rings is 1. The van der Waals surface area contributed by atoms with Crippen LogP contribution < -0.4 is 9.80 Å². The first-order valence-electron chi connectivity index (χ1n) is 9.09. The Hall–Kier alpha value is -2.99. The van der Waals surface area contributed by atoms with E-state index in [0.717, 1.165) is 22.8 Å². The lowest BCUT2D eigenvalue weighted by Gasteiger charge is -2.25. The molecule has 1 aliphatic rings. The fourth-order valence-corrected chi connectivity index (χ4v) is 3.69. The molecular formula is C21H20ClN5O. The summed E-state index contributed by atoms with van der Waals surface area (Å²) in [5.74, 6) is 1.37. The van der Waals surface area contributed by atoms with Gasteiger partial charge in [0.1, 0.15) is 11.9 Å². The number of amides is 1. The van der Waals surface area contributed by atoms with Gasteiger partial charge < -0.3 is 9.80 Å². The molecule has 0 saturated carbocycles. The molecule has 3 heterocycles. The molecule has 0 unspecified atom stereocenters. The van der Waals surface area contributed by atoms with Gasteiger partial charge in [-0.05, 0) is 37.6 Å². The van der Waals surface area contributed by atoms with E-state index in [1.807, 2.05) is 55.3 Å². The molecule has 0 aliphatic carbocycles. The van der Waals surface area contributed by atoms with Gasteiger partial charge >= 0.3 is 0 Å². The number of pyridine rings is 1. The average molecular weight is 394 g/mol. The number of para-hydroxylation sites is 1. The summed E-state index contributed by atoms with van der Waals surface area (Å²) in [7, 11) is 1.90. The molecule has 0 bridgehead atoms. The van der Waals surface area contributed by atoms with Crippen molar-refractivity contribution in [1.82, 2.24) is 15.0 Å². The molecule has 0 N–H and O–H groups in total. The van der Waals surface area contributed by atoms with Gasteiger partial charge in [-0.25, -0.2) is 9.97 Å². The first-order valence-corrected chi connectivity index (χ1v) is 9.47. The van der Waals surface area contributed by atoms with Gasteiger partial charge in [-0.2, -0.15) is 0 Å². The Kier molecular flexibility index (Phi) is 4.96. The number of aromatic nitrogens is 3. The van der Waals surface area contributed by atoms with E-state index >= 15 is 0 Å². The molecule has 7 heteroatoms. The Labute approximate surface area is 168 Å². The van der Waals surface area contributed by atoms with Crippen molar-refractivity contribution in [1.29, 1.82) is 0 Å². The molecule has 0 radical (unpaired) electrons. The molecule has 142 valence electrons. The van der Waals surface area contributed by atoms with Gasteiger partial charge in [-0.1, -0.05) is 23.7 Å². The molecule has 2 aromatic heterocycles. The smallest absolute Gasteiger partial charge is 0.249 e. The van der Waals surface area contributed by atoms with Crippen molar-refractivity contribution in [3.63, 3.8) is 0 Å². The number of hydrogen-bond donors (Lipinski definition) is 0. The summed E-state index contributed by atoms with van der Waals surface area (Å²) < 4.78 is 0. The van der Waals surface area contributed by atoms with Crippen LogP contribution in [0.3, 0.4) is 0 Å². The van der Waals surface area contributed by atoms with Gasteiger partial charge in [0.2, 0.25) is 5.91 Å². The maximum atomic E-state index is 13.1. The van der Waals surface area contributed by atoms with Gasteiger partial charge in [-0.15, -0.1) is 0 Å². The second-order valence-electron chi connectivity index (χ2n) is 6.78. The van der Waals surface area contributed by atoms with Crippen LogP contribution >= 0.6 is 11.6 Å². The number of aryl methyl sites for hydroxylation is 1. The minimum Gasteiger partial charge on any atom is -0.347 e. The van der Waals surface area contributed by atoms with E-state index in [1.165, 1.54) is 0 Å². The highest BCUT2D eigenvalue weighted by Crippen LogP contribution is 2.31. The van der Waals surface area contributed by atoms with E-state index < -0.39 is 0 Å². The van der Waals surface area contributed by atoms with E-state index in [9.17, 15) is 4.79 Å². The third-order valence-electron chi connectivity index (χ3n) is 4.93. The zero-order valence-electron chi connectivity index (χ0n) is 15.7. The standard InChI is InChI=1S/C21H20ClN5O/c1-14-13-19(25-20(24-14)15-7-10-23-11-8-15)26(2)18-9-12-27(21(18)28)17-6-4-3-5-16(17)22/h3-8,10-11,13,18H,9,12H2,1-2H3/t18-/m0/s1. The Morgan fingerprint density at radius 3 is 2.64 bits per heavy atom. The Bertz CT molecular complexity index is 1010. The Morgan fingerprint density at radius 2 is 1.89 bits per heavy atom. The molecular weight excluding hydrogens is 374 g/mol. The summed E-state index contributed by atoms with van der Waals surface area (Å²) in [5, 5.41) is 0.581. The van der Waals surface area contributed by atoms with Crippen LogP contribution in [0.1, 0.15) is 12.1 Å². The number of rotatable bonds is 4. The monoisotopic (exact) mass is 393 g/mol. The summed E-state index contributed by atoms with van der Waals surface area (Å²) in [6.45, 7) is 2.55. The van der Waals surface area contributed by atoms with Crippen LogP contribution in [0.25, 0.3) is 11.4 Å². The van der Waals surface area contributed by atoms with Crippen LogP contribution in [0, 0.1) is 6.92 Å². The summed E-state index contributed by atoms with van der Waals surface area (Å²) in [6, 6.07) is 12.8. The van der Waals surface area contributed by atoms with E-state index in [2.05, 4.69) is 15.0 Å². The first-order chi connectivity index (χ1) is 13.5. The zero-order chi connectivity index (χ0) is 19.7. The number of carbonyl (C=O) groups excluding carboxylic acids is 1. The normalized spacial score (nSPS) is 16.5. The third kappa shape index (κ3) is 3.43. The number of anilines is 2. The summed E-state index contributed by atoms with van der Waals surface area (Å²) in [6.07, 6.45) is 4.13. The van der Waals surface area contributed by atoms with Crippen LogP contribution in [0.2, 0.25) is 5.02 Å². The van der Waals surface area contributed by atoms with Crippen LogP contribution in [0.4, 0.5) is 11.5 Å². The highest BCUT2D eigenvalue weighted by Gasteiger charge is 2.36. The minimum absolute atomic E-state index is 0.0253. The van der Waals surface area contributed by atoms with E-state index in [4.69, 9.17) is 11.6 Å². The molecule has 1 fully saturated rings. The summed E-state index contributed by atoms with van der Waals surface area (Å²) in [4.78, 5) is 30.0. The fourth-order valence-electron chi connectivity index (χ4n) is 3.46. The van der Waals surface area contributed by atoms with Crippen molar-refractivity contribution < 1.29 is 4.79 Å². The highest BCUT2D eigenvalue weighted by atomic mass is 35.5. The molecule has 4 rings (SSSR count). The number of halogens is 1. The fraction of sp³-hybridized carbons (Fsp3) is 0.238. The predicted octanol–water partition coefficient (Wildman–Crippen LogP) is 3.74. The van der Waals surface area contributed by atoms with Crippen LogP contribution in [0.5, 0.6) is 0 Å². The van der Waals surface area contributed by atoms with Crippen LogP contribution in [0.15, 0.2) is 54.9 Å².